The normalized spacial score (nSPS) is 27.2. The minimum Gasteiger partial charge on any atom is -0.462 e. The molecule has 2 atom stereocenters. The van der Waals surface area contributed by atoms with E-state index in [-0.39, 0.29) is 5.97 Å². The Labute approximate surface area is 80.0 Å². The van der Waals surface area contributed by atoms with E-state index < -0.39 is 0 Å². The van der Waals surface area contributed by atoms with E-state index >= 15 is 0 Å². The molecule has 2 unspecified atom stereocenters. The molecule has 0 amide bonds. The van der Waals surface area contributed by atoms with Gasteiger partial charge in [0.2, 0.25) is 0 Å². The molecule has 1 aliphatic carbocycles. The third-order valence-electron chi connectivity index (χ3n) is 2.86. The van der Waals surface area contributed by atoms with E-state index in [4.69, 9.17) is 4.74 Å². The van der Waals surface area contributed by atoms with Gasteiger partial charge in [0, 0.05) is 6.08 Å². The first-order valence-electron chi connectivity index (χ1n) is 5.05. The number of hydrogen-bond acceptors (Lipinski definition) is 2. The molecule has 0 N–H and O–H groups in total. The number of esters is 1. The van der Waals surface area contributed by atoms with Crippen molar-refractivity contribution >= 4 is 5.97 Å². The summed E-state index contributed by atoms with van der Waals surface area (Å²) in [6.45, 7) is 6.17. The summed E-state index contributed by atoms with van der Waals surface area (Å²) in [5, 5.41) is 0. The third kappa shape index (κ3) is 3.21. The first-order chi connectivity index (χ1) is 6.26. The second kappa shape index (κ2) is 5.05. The van der Waals surface area contributed by atoms with Crippen LogP contribution in [0.15, 0.2) is 12.7 Å². The SMILES string of the molecule is C=CC(=O)OCC1CCC(CC)C1. The van der Waals surface area contributed by atoms with E-state index in [0.717, 1.165) is 5.92 Å². The van der Waals surface area contributed by atoms with Crippen molar-refractivity contribution in [2.45, 2.75) is 32.6 Å². The average molecular weight is 182 g/mol. The van der Waals surface area contributed by atoms with E-state index in [1.165, 1.54) is 31.8 Å². The second-order valence-corrected chi connectivity index (χ2v) is 3.79. The fraction of sp³-hybridized carbons (Fsp3) is 0.727. The molecule has 1 aliphatic rings. The molecular formula is C11H18O2. The highest BCUT2D eigenvalue weighted by atomic mass is 16.5. The molecule has 0 aromatic carbocycles. The molecule has 13 heavy (non-hydrogen) atoms. The highest BCUT2D eigenvalue weighted by Gasteiger charge is 2.23. The molecule has 0 aliphatic heterocycles. The molecular weight excluding hydrogens is 164 g/mol. The Bertz CT molecular complexity index is 187. The summed E-state index contributed by atoms with van der Waals surface area (Å²) in [5.74, 6) is 1.15. The molecule has 1 saturated carbocycles. The number of rotatable bonds is 4. The third-order valence-corrected chi connectivity index (χ3v) is 2.86. The largest absolute Gasteiger partial charge is 0.462 e. The molecule has 0 bridgehead atoms. The number of carbonyl (C=O) groups excluding carboxylic acids is 1. The van der Waals surface area contributed by atoms with Crippen LogP contribution in [0.25, 0.3) is 0 Å². The minimum absolute atomic E-state index is 0.292. The number of carbonyl (C=O) groups is 1. The molecule has 0 radical (unpaired) electrons. The Morgan fingerprint density at radius 3 is 2.77 bits per heavy atom. The van der Waals surface area contributed by atoms with Crippen LogP contribution in [-0.2, 0) is 9.53 Å². The van der Waals surface area contributed by atoms with Crippen LogP contribution in [0.2, 0.25) is 0 Å². The first kappa shape index (κ1) is 10.3. The Hall–Kier alpha value is -0.790. The highest BCUT2D eigenvalue weighted by molar-refractivity contribution is 5.81. The van der Waals surface area contributed by atoms with Crippen LogP contribution in [0.1, 0.15) is 32.6 Å². The molecule has 0 heterocycles. The molecule has 0 saturated heterocycles. The van der Waals surface area contributed by atoms with Gasteiger partial charge in [0.15, 0.2) is 0 Å². The van der Waals surface area contributed by atoms with Gasteiger partial charge in [-0.3, -0.25) is 0 Å². The van der Waals surface area contributed by atoms with Crippen molar-refractivity contribution in [1.82, 2.24) is 0 Å². The van der Waals surface area contributed by atoms with Crippen LogP contribution in [0.4, 0.5) is 0 Å². The topological polar surface area (TPSA) is 26.3 Å². The van der Waals surface area contributed by atoms with E-state index in [0.29, 0.717) is 12.5 Å². The fourth-order valence-electron chi connectivity index (χ4n) is 1.96. The van der Waals surface area contributed by atoms with Gasteiger partial charge >= 0.3 is 5.97 Å². The predicted molar refractivity (Wildman–Crippen MR) is 52.3 cm³/mol. The van der Waals surface area contributed by atoms with Gasteiger partial charge in [-0.1, -0.05) is 26.3 Å². The second-order valence-electron chi connectivity index (χ2n) is 3.79. The molecule has 74 valence electrons. The van der Waals surface area contributed by atoms with Crippen molar-refractivity contribution in [3.63, 3.8) is 0 Å². The summed E-state index contributed by atoms with van der Waals surface area (Å²) in [4.78, 5) is 10.8. The van der Waals surface area contributed by atoms with Gasteiger partial charge in [0.25, 0.3) is 0 Å². The lowest BCUT2D eigenvalue weighted by molar-refractivity contribution is -0.139. The Balaban J connectivity index is 2.17. The Morgan fingerprint density at radius 1 is 1.54 bits per heavy atom. The summed E-state index contributed by atoms with van der Waals surface area (Å²) >= 11 is 0. The Morgan fingerprint density at radius 2 is 2.23 bits per heavy atom. The quantitative estimate of drug-likeness (QED) is 0.493. The van der Waals surface area contributed by atoms with Crippen molar-refractivity contribution in [1.29, 1.82) is 0 Å². The lowest BCUT2D eigenvalue weighted by Gasteiger charge is -2.09. The van der Waals surface area contributed by atoms with Crippen molar-refractivity contribution in [2.75, 3.05) is 6.61 Å². The van der Waals surface area contributed by atoms with E-state index in [1.807, 2.05) is 0 Å². The van der Waals surface area contributed by atoms with E-state index in [1.54, 1.807) is 0 Å². The zero-order chi connectivity index (χ0) is 9.68. The first-order valence-corrected chi connectivity index (χ1v) is 5.05. The zero-order valence-electron chi connectivity index (χ0n) is 8.29. The molecule has 0 aromatic rings. The van der Waals surface area contributed by atoms with Gasteiger partial charge in [0.1, 0.15) is 0 Å². The van der Waals surface area contributed by atoms with Crippen molar-refractivity contribution in [3.05, 3.63) is 12.7 Å². The summed E-state index contributed by atoms with van der Waals surface area (Å²) in [7, 11) is 0. The van der Waals surface area contributed by atoms with Gasteiger partial charge in [-0.15, -0.1) is 0 Å². The summed E-state index contributed by atoms with van der Waals surface area (Å²) in [5.41, 5.74) is 0. The van der Waals surface area contributed by atoms with Crippen LogP contribution >= 0.6 is 0 Å². The lowest BCUT2D eigenvalue weighted by atomic mass is 10.0. The maximum absolute atomic E-state index is 10.8. The van der Waals surface area contributed by atoms with Crippen LogP contribution in [-0.4, -0.2) is 12.6 Å². The van der Waals surface area contributed by atoms with Crippen LogP contribution in [0, 0.1) is 11.8 Å². The molecule has 0 spiro atoms. The predicted octanol–water partition coefficient (Wildman–Crippen LogP) is 2.54. The fourth-order valence-corrected chi connectivity index (χ4v) is 1.96. The van der Waals surface area contributed by atoms with Gasteiger partial charge in [0.05, 0.1) is 6.61 Å². The average Bonchev–Trinajstić information content (AvgIpc) is 2.61. The number of ether oxygens (including phenoxy) is 1. The molecule has 1 fully saturated rings. The van der Waals surface area contributed by atoms with E-state index in [2.05, 4.69) is 13.5 Å². The molecule has 2 nitrogen and oxygen atoms in total. The van der Waals surface area contributed by atoms with Crippen LogP contribution < -0.4 is 0 Å². The monoisotopic (exact) mass is 182 g/mol. The van der Waals surface area contributed by atoms with E-state index in [9.17, 15) is 4.79 Å². The summed E-state index contributed by atoms with van der Waals surface area (Å²) < 4.78 is 5.01. The Kier molecular flexibility index (Phi) is 4.00. The highest BCUT2D eigenvalue weighted by Crippen LogP contribution is 2.32. The smallest absolute Gasteiger partial charge is 0.330 e. The van der Waals surface area contributed by atoms with Gasteiger partial charge in [-0.05, 0) is 24.7 Å². The summed E-state index contributed by atoms with van der Waals surface area (Å²) in [6.07, 6.45) is 6.22. The lowest BCUT2D eigenvalue weighted by Crippen LogP contribution is -2.10. The van der Waals surface area contributed by atoms with Crippen molar-refractivity contribution < 1.29 is 9.53 Å². The van der Waals surface area contributed by atoms with Gasteiger partial charge in [-0.25, -0.2) is 4.79 Å². The molecule has 2 heteroatoms. The minimum atomic E-state index is -0.292. The van der Waals surface area contributed by atoms with Gasteiger partial charge < -0.3 is 4.74 Å². The van der Waals surface area contributed by atoms with Crippen LogP contribution in [0.5, 0.6) is 0 Å². The maximum atomic E-state index is 10.8. The van der Waals surface area contributed by atoms with Crippen molar-refractivity contribution in [3.8, 4) is 0 Å². The van der Waals surface area contributed by atoms with Crippen molar-refractivity contribution in [2.24, 2.45) is 11.8 Å². The van der Waals surface area contributed by atoms with Crippen LogP contribution in [0.3, 0.4) is 0 Å². The molecule has 0 aromatic heterocycles. The zero-order valence-corrected chi connectivity index (χ0v) is 8.29. The summed E-state index contributed by atoms with van der Waals surface area (Å²) in [6, 6.07) is 0. The standard InChI is InChI=1S/C11H18O2/c1-3-9-5-6-10(7-9)8-13-11(12)4-2/h4,9-10H,2-3,5-8H2,1H3. The number of hydrogen-bond donors (Lipinski definition) is 0. The van der Waals surface area contributed by atoms with Gasteiger partial charge in [-0.2, -0.15) is 0 Å². The molecule has 1 rings (SSSR count). The maximum Gasteiger partial charge on any atom is 0.330 e.